The normalized spacial score (nSPS) is 22.8. The number of hydrogen-bond acceptors (Lipinski definition) is 4. The highest BCUT2D eigenvalue weighted by Gasteiger charge is 2.25. The number of carbonyl (C=O) groups is 1. The maximum Gasteiger partial charge on any atom is 0.253 e. The summed E-state index contributed by atoms with van der Waals surface area (Å²) in [7, 11) is 1.81. The van der Waals surface area contributed by atoms with Crippen molar-refractivity contribution in [3.63, 3.8) is 0 Å². The van der Waals surface area contributed by atoms with Crippen molar-refractivity contribution in [1.82, 2.24) is 10.3 Å². The lowest BCUT2D eigenvalue weighted by molar-refractivity contribution is 0.0937. The van der Waals surface area contributed by atoms with E-state index in [0.717, 1.165) is 18.7 Å². The third-order valence-corrected chi connectivity index (χ3v) is 4.43. The van der Waals surface area contributed by atoms with Crippen LogP contribution in [-0.4, -0.2) is 35.5 Å². The zero-order valence-electron chi connectivity index (χ0n) is 10.8. The lowest BCUT2D eigenvalue weighted by atomic mass is 10.2. The Bertz CT molecular complexity index is 407. The molecule has 1 aliphatic rings. The monoisotopic (exact) mass is 265 g/mol. The largest absolute Gasteiger partial charge is 0.373 e. The first-order valence-electron chi connectivity index (χ1n) is 6.20. The molecule has 4 nitrogen and oxygen atoms in total. The number of amides is 1. The number of aromatic nitrogens is 1. The van der Waals surface area contributed by atoms with Gasteiger partial charge in [0.15, 0.2) is 0 Å². The minimum absolute atomic E-state index is 0.0168. The number of nitrogens with zero attached hydrogens (tertiary/aromatic N) is 1. The first kappa shape index (κ1) is 13.2. The molecule has 5 heteroatoms. The zero-order valence-corrected chi connectivity index (χ0v) is 11.6. The number of rotatable bonds is 4. The van der Waals surface area contributed by atoms with E-state index in [9.17, 15) is 4.79 Å². The predicted octanol–water partition coefficient (Wildman–Crippen LogP) is 2.14. The molecule has 1 amide bonds. The van der Waals surface area contributed by atoms with E-state index in [1.165, 1.54) is 6.42 Å². The maximum atomic E-state index is 12.0. The summed E-state index contributed by atoms with van der Waals surface area (Å²) < 4.78 is 0. The molecule has 18 heavy (non-hydrogen) atoms. The highest BCUT2D eigenvalue weighted by atomic mass is 32.2. The second kappa shape index (κ2) is 6.09. The number of pyridine rings is 1. The fourth-order valence-electron chi connectivity index (χ4n) is 2.23. The number of anilines is 1. The fraction of sp³-hybridized carbons (Fsp3) is 0.538. The molecule has 0 saturated heterocycles. The van der Waals surface area contributed by atoms with Crippen LogP contribution in [0.1, 0.15) is 29.6 Å². The van der Waals surface area contributed by atoms with E-state index in [0.29, 0.717) is 16.9 Å². The summed E-state index contributed by atoms with van der Waals surface area (Å²) in [6.45, 7) is 0. The molecule has 0 aromatic carbocycles. The van der Waals surface area contributed by atoms with Gasteiger partial charge in [-0.15, -0.1) is 0 Å². The molecule has 2 unspecified atom stereocenters. The highest BCUT2D eigenvalue weighted by Crippen LogP contribution is 2.28. The molecular weight excluding hydrogens is 246 g/mol. The first-order valence-corrected chi connectivity index (χ1v) is 7.49. The summed E-state index contributed by atoms with van der Waals surface area (Å²) in [6.07, 6.45) is 7.11. The molecule has 1 heterocycles. The molecular formula is C13H19N3OS. The van der Waals surface area contributed by atoms with E-state index in [2.05, 4.69) is 21.9 Å². The molecule has 1 saturated carbocycles. The van der Waals surface area contributed by atoms with Crippen molar-refractivity contribution < 1.29 is 4.79 Å². The van der Waals surface area contributed by atoms with E-state index in [1.54, 1.807) is 12.3 Å². The van der Waals surface area contributed by atoms with Gasteiger partial charge >= 0.3 is 0 Å². The van der Waals surface area contributed by atoms with Crippen LogP contribution in [0, 0.1) is 0 Å². The minimum Gasteiger partial charge on any atom is -0.373 e. The van der Waals surface area contributed by atoms with Crippen LogP contribution in [0.5, 0.6) is 0 Å². The summed E-state index contributed by atoms with van der Waals surface area (Å²) in [4.78, 5) is 16.2. The Morgan fingerprint density at radius 2 is 2.28 bits per heavy atom. The summed E-state index contributed by atoms with van der Waals surface area (Å²) in [5, 5.41) is 6.71. The van der Waals surface area contributed by atoms with E-state index < -0.39 is 0 Å². The molecule has 0 radical (unpaired) electrons. The van der Waals surface area contributed by atoms with Crippen LogP contribution in [0.3, 0.4) is 0 Å². The summed E-state index contributed by atoms with van der Waals surface area (Å²) in [5.74, 6) is 0.756. The van der Waals surface area contributed by atoms with Crippen LogP contribution in [-0.2, 0) is 0 Å². The third-order valence-electron chi connectivity index (χ3n) is 3.33. The number of carbonyl (C=O) groups excluding carboxylic acids is 1. The quantitative estimate of drug-likeness (QED) is 0.876. The lowest BCUT2D eigenvalue weighted by Crippen LogP contribution is -2.33. The molecule has 0 aliphatic heterocycles. The van der Waals surface area contributed by atoms with Gasteiger partial charge in [0.1, 0.15) is 5.82 Å². The van der Waals surface area contributed by atoms with Crippen molar-refractivity contribution in [2.24, 2.45) is 0 Å². The standard InChI is InChI=1S/C13H19N3OS/c1-14-12-6-3-9(8-15-12)13(17)16-10-4-5-11(7-10)18-2/h3,6,8,10-11H,4-5,7H2,1-2H3,(H,14,15)(H,16,17). The van der Waals surface area contributed by atoms with Gasteiger partial charge < -0.3 is 10.6 Å². The Kier molecular flexibility index (Phi) is 4.47. The van der Waals surface area contributed by atoms with E-state index in [-0.39, 0.29) is 5.91 Å². The fourth-order valence-corrected chi connectivity index (χ4v) is 3.03. The summed E-state index contributed by atoms with van der Waals surface area (Å²) in [5.41, 5.74) is 0.626. The lowest BCUT2D eigenvalue weighted by Gasteiger charge is -2.12. The van der Waals surface area contributed by atoms with Gasteiger partial charge in [0, 0.05) is 24.5 Å². The Morgan fingerprint density at radius 3 is 2.83 bits per heavy atom. The average molecular weight is 265 g/mol. The van der Waals surface area contributed by atoms with Crippen molar-refractivity contribution >= 4 is 23.5 Å². The molecule has 0 bridgehead atoms. The second-order valence-electron chi connectivity index (χ2n) is 4.52. The number of hydrogen-bond donors (Lipinski definition) is 2. The molecule has 1 aromatic heterocycles. The van der Waals surface area contributed by atoms with E-state index >= 15 is 0 Å². The number of nitrogens with one attached hydrogen (secondary N) is 2. The molecule has 2 N–H and O–H groups in total. The van der Waals surface area contributed by atoms with Crippen molar-refractivity contribution in [2.75, 3.05) is 18.6 Å². The van der Waals surface area contributed by atoms with Gasteiger partial charge in [-0.05, 0) is 37.7 Å². The molecule has 1 aromatic rings. The zero-order chi connectivity index (χ0) is 13.0. The van der Waals surface area contributed by atoms with Gasteiger partial charge in [-0.25, -0.2) is 4.98 Å². The summed E-state index contributed by atoms with van der Waals surface area (Å²) >= 11 is 1.89. The predicted molar refractivity (Wildman–Crippen MR) is 76.2 cm³/mol. The SMILES string of the molecule is CNc1ccc(C(=O)NC2CCC(SC)C2)cn1. The average Bonchev–Trinajstić information content (AvgIpc) is 2.86. The van der Waals surface area contributed by atoms with Crippen LogP contribution in [0.15, 0.2) is 18.3 Å². The van der Waals surface area contributed by atoms with E-state index in [1.807, 2.05) is 24.9 Å². The van der Waals surface area contributed by atoms with Gasteiger partial charge in [0.2, 0.25) is 0 Å². The van der Waals surface area contributed by atoms with Crippen molar-refractivity contribution in [3.05, 3.63) is 23.9 Å². The first-order chi connectivity index (χ1) is 8.72. The smallest absolute Gasteiger partial charge is 0.253 e. The Labute approximate surface area is 112 Å². The molecule has 1 fully saturated rings. The van der Waals surface area contributed by atoms with Crippen molar-refractivity contribution in [2.45, 2.75) is 30.6 Å². The van der Waals surface area contributed by atoms with Crippen molar-refractivity contribution in [1.29, 1.82) is 0 Å². The van der Waals surface area contributed by atoms with Gasteiger partial charge in [-0.3, -0.25) is 4.79 Å². The van der Waals surface area contributed by atoms with Crippen LogP contribution in [0.2, 0.25) is 0 Å². The van der Waals surface area contributed by atoms with Crippen LogP contribution < -0.4 is 10.6 Å². The molecule has 1 aliphatic carbocycles. The molecule has 2 atom stereocenters. The molecule has 2 rings (SSSR count). The topological polar surface area (TPSA) is 54.0 Å². The Morgan fingerprint density at radius 1 is 1.44 bits per heavy atom. The van der Waals surface area contributed by atoms with Crippen LogP contribution in [0.25, 0.3) is 0 Å². The Hall–Kier alpha value is -1.23. The second-order valence-corrected chi connectivity index (χ2v) is 5.66. The Balaban J connectivity index is 1.91. The van der Waals surface area contributed by atoms with Crippen LogP contribution in [0.4, 0.5) is 5.82 Å². The third kappa shape index (κ3) is 3.16. The highest BCUT2D eigenvalue weighted by molar-refractivity contribution is 7.99. The number of thioether (sulfide) groups is 1. The van der Waals surface area contributed by atoms with Crippen LogP contribution >= 0.6 is 11.8 Å². The molecule has 98 valence electrons. The maximum absolute atomic E-state index is 12.0. The summed E-state index contributed by atoms with van der Waals surface area (Å²) in [6, 6.07) is 3.93. The van der Waals surface area contributed by atoms with Crippen molar-refractivity contribution in [3.8, 4) is 0 Å². The van der Waals surface area contributed by atoms with Gasteiger partial charge in [0.05, 0.1) is 5.56 Å². The van der Waals surface area contributed by atoms with E-state index in [4.69, 9.17) is 0 Å². The van der Waals surface area contributed by atoms with Gasteiger partial charge in [-0.1, -0.05) is 0 Å². The minimum atomic E-state index is -0.0168. The van der Waals surface area contributed by atoms with Gasteiger partial charge in [0.25, 0.3) is 5.91 Å². The van der Waals surface area contributed by atoms with Gasteiger partial charge in [-0.2, -0.15) is 11.8 Å². The molecule has 0 spiro atoms.